The van der Waals surface area contributed by atoms with E-state index < -0.39 is 29.7 Å². The van der Waals surface area contributed by atoms with Gasteiger partial charge in [-0.1, -0.05) is 19.9 Å². The van der Waals surface area contributed by atoms with Crippen molar-refractivity contribution in [2.24, 2.45) is 5.92 Å². The Bertz CT molecular complexity index is 549. The molecule has 1 aromatic carbocycles. The minimum atomic E-state index is -1.13. The van der Waals surface area contributed by atoms with Gasteiger partial charge in [0.05, 0.1) is 12.3 Å². The van der Waals surface area contributed by atoms with Gasteiger partial charge in [-0.15, -0.1) is 0 Å². The molecule has 0 saturated carbocycles. The van der Waals surface area contributed by atoms with Crippen LogP contribution in [-0.4, -0.2) is 28.9 Å². The normalized spacial score (nSPS) is 14.9. The molecule has 1 aliphatic heterocycles. The maximum Gasteiger partial charge on any atom is 0.307 e. The van der Waals surface area contributed by atoms with Gasteiger partial charge in [0.15, 0.2) is 11.5 Å². The van der Waals surface area contributed by atoms with Crippen LogP contribution in [-0.2, 0) is 15.0 Å². The van der Waals surface area contributed by atoms with Crippen molar-refractivity contribution < 1.29 is 29.3 Å². The molecule has 0 spiro atoms. The molecule has 1 atom stereocenters. The van der Waals surface area contributed by atoms with Crippen molar-refractivity contribution in [3.05, 3.63) is 23.8 Å². The van der Waals surface area contributed by atoms with Gasteiger partial charge >= 0.3 is 11.9 Å². The summed E-state index contributed by atoms with van der Waals surface area (Å²) in [7, 11) is 0. The Morgan fingerprint density at radius 1 is 1.25 bits per heavy atom. The molecule has 0 radical (unpaired) electrons. The number of rotatable bonds is 5. The van der Waals surface area contributed by atoms with E-state index in [0.29, 0.717) is 17.1 Å². The number of fused-ring (bicyclic) bond motifs is 1. The minimum absolute atomic E-state index is 0.136. The monoisotopic (exact) mass is 280 g/mol. The van der Waals surface area contributed by atoms with Crippen molar-refractivity contribution in [2.75, 3.05) is 6.79 Å². The summed E-state index contributed by atoms with van der Waals surface area (Å²) in [6.07, 6.45) is -0.434. The Hall–Kier alpha value is -2.24. The summed E-state index contributed by atoms with van der Waals surface area (Å²) in [6.45, 7) is 3.56. The number of aliphatic carboxylic acids is 2. The molecule has 108 valence electrons. The molecule has 1 aromatic rings. The predicted molar refractivity (Wildman–Crippen MR) is 69.0 cm³/mol. The van der Waals surface area contributed by atoms with Crippen LogP contribution in [0.5, 0.6) is 11.5 Å². The van der Waals surface area contributed by atoms with Crippen LogP contribution < -0.4 is 9.47 Å². The number of ether oxygens (including phenoxy) is 2. The molecule has 6 heteroatoms. The summed E-state index contributed by atoms with van der Waals surface area (Å²) < 4.78 is 10.5. The second-order valence-corrected chi connectivity index (χ2v) is 5.28. The second-order valence-electron chi connectivity index (χ2n) is 5.28. The van der Waals surface area contributed by atoms with Gasteiger partial charge in [0.25, 0.3) is 0 Å². The Morgan fingerprint density at radius 2 is 1.90 bits per heavy atom. The number of benzene rings is 1. The van der Waals surface area contributed by atoms with Crippen LogP contribution in [0.25, 0.3) is 0 Å². The van der Waals surface area contributed by atoms with E-state index in [4.69, 9.17) is 14.6 Å². The summed E-state index contributed by atoms with van der Waals surface area (Å²) in [5.41, 5.74) is -0.138. The molecule has 1 heterocycles. The fraction of sp³-hybridized carbons (Fsp3) is 0.429. The van der Waals surface area contributed by atoms with Crippen LogP contribution >= 0.6 is 0 Å². The quantitative estimate of drug-likeness (QED) is 0.855. The van der Waals surface area contributed by atoms with Crippen LogP contribution in [0.2, 0.25) is 0 Å². The molecule has 20 heavy (non-hydrogen) atoms. The fourth-order valence-corrected chi connectivity index (χ4v) is 2.32. The number of carbonyl (C=O) groups is 2. The second kappa shape index (κ2) is 5.03. The average Bonchev–Trinajstić information content (AvgIpc) is 2.82. The lowest BCUT2D eigenvalue weighted by atomic mass is 9.72. The number of carboxylic acids is 2. The highest BCUT2D eigenvalue weighted by Gasteiger charge is 2.39. The van der Waals surface area contributed by atoms with Crippen molar-refractivity contribution in [2.45, 2.75) is 25.7 Å². The first kappa shape index (κ1) is 14.2. The molecule has 0 bridgehead atoms. The minimum Gasteiger partial charge on any atom is -0.481 e. The fourth-order valence-electron chi connectivity index (χ4n) is 2.32. The summed E-state index contributed by atoms with van der Waals surface area (Å²) in [4.78, 5) is 22.2. The molecule has 2 rings (SSSR count). The highest BCUT2D eigenvalue weighted by atomic mass is 16.7. The third-order valence-electron chi connectivity index (χ3n) is 3.66. The van der Waals surface area contributed by atoms with E-state index in [1.807, 2.05) is 0 Å². The van der Waals surface area contributed by atoms with Crippen LogP contribution in [0.3, 0.4) is 0 Å². The average molecular weight is 280 g/mol. The molecule has 0 fully saturated rings. The Morgan fingerprint density at radius 3 is 2.50 bits per heavy atom. The van der Waals surface area contributed by atoms with Crippen LogP contribution in [0, 0.1) is 5.92 Å². The van der Waals surface area contributed by atoms with Crippen molar-refractivity contribution in [3.8, 4) is 11.5 Å². The van der Waals surface area contributed by atoms with Crippen molar-refractivity contribution in [3.63, 3.8) is 0 Å². The number of hydrogen-bond donors (Lipinski definition) is 2. The lowest BCUT2D eigenvalue weighted by molar-refractivity contribution is -0.150. The molecular weight excluding hydrogens is 264 g/mol. The summed E-state index contributed by atoms with van der Waals surface area (Å²) in [6, 6.07) is 5.16. The Balaban J connectivity index is 2.36. The molecule has 0 aromatic heterocycles. The van der Waals surface area contributed by atoms with Crippen LogP contribution in [0.1, 0.15) is 25.8 Å². The van der Waals surface area contributed by atoms with Gasteiger partial charge in [0, 0.05) is 5.41 Å². The Kier molecular flexibility index (Phi) is 3.57. The van der Waals surface area contributed by atoms with E-state index in [2.05, 4.69) is 0 Å². The highest BCUT2D eigenvalue weighted by Crippen LogP contribution is 2.40. The van der Waals surface area contributed by atoms with Crippen molar-refractivity contribution in [1.29, 1.82) is 0 Å². The zero-order valence-electron chi connectivity index (χ0n) is 11.3. The van der Waals surface area contributed by atoms with Gasteiger partial charge in [0.1, 0.15) is 0 Å². The van der Waals surface area contributed by atoms with E-state index in [9.17, 15) is 14.7 Å². The molecular formula is C14H16O6. The van der Waals surface area contributed by atoms with Gasteiger partial charge < -0.3 is 19.7 Å². The zero-order chi connectivity index (χ0) is 14.9. The zero-order valence-corrected chi connectivity index (χ0v) is 11.3. The lowest BCUT2D eigenvalue weighted by Gasteiger charge is -2.31. The van der Waals surface area contributed by atoms with Crippen LogP contribution in [0.15, 0.2) is 18.2 Å². The SMILES string of the molecule is CC(C)(c1ccc2c(c1)OCO2)C(CC(=O)O)C(=O)O. The Labute approximate surface area is 115 Å². The maximum absolute atomic E-state index is 11.4. The van der Waals surface area contributed by atoms with Gasteiger partial charge in [-0.2, -0.15) is 0 Å². The first-order valence-electron chi connectivity index (χ1n) is 6.17. The molecule has 2 N–H and O–H groups in total. The first-order chi connectivity index (χ1) is 9.32. The van der Waals surface area contributed by atoms with Crippen molar-refractivity contribution in [1.82, 2.24) is 0 Å². The summed E-state index contributed by atoms with van der Waals surface area (Å²) >= 11 is 0. The number of hydrogen-bond acceptors (Lipinski definition) is 4. The molecule has 0 amide bonds. The topological polar surface area (TPSA) is 93.1 Å². The molecule has 0 saturated heterocycles. The van der Waals surface area contributed by atoms with Gasteiger partial charge in [-0.3, -0.25) is 9.59 Å². The van der Waals surface area contributed by atoms with E-state index >= 15 is 0 Å². The van der Waals surface area contributed by atoms with E-state index in [-0.39, 0.29) is 6.79 Å². The summed E-state index contributed by atoms with van der Waals surface area (Å²) in [5.74, 6) is -2.13. The smallest absolute Gasteiger partial charge is 0.307 e. The van der Waals surface area contributed by atoms with E-state index in [1.54, 1.807) is 32.0 Å². The summed E-state index contributed by atoms with van der Waals surface area (Å²) in [5, 5.41) is 18.2. The predicted octanol–water partition coefficient (Wildman–Crippen LogP) is 1.87. The standard InChI is InChI=1S/C14H16O6/c1-14(2,9(13(17)18)6-12(15)16)8-3-4-10-11(5-8)20-7-19-10/h3-5,9H,6-7H2,1-2H3,(H,15,16)(H,17,18). The van der Waals surface area contributed by atoms with E-state index in [0.717, 1.165) is 0 Å². The molecule has 1 aliphatic rings. The molecule has 6 nitrogen and oxygen atoms in total. The van der Waals surface area contributed by atoms with Crippen molar-refractivity contribution >= 4 is 11.9 Å². The first-order valence-corrected chi connectivity index (χ1v) is 6.17. The van der Waals surface area contributed by atoms with Gasteiger partial charge in [-0.25, -0.2) is 0 Å². The van der Waals surface area contributed by atoms with Gasteiger partial charge in [-0.05, 0) is 17.7 Å². The third-order valence-corrected chi connectivity index (χ3v) is 3.66. The molecule has 1 unspecified atom stereocenters. The highest BCUT2D eigenvalue weighted by molar-refractivity contribution is 5.79. The lowest BCUT2D eigenvalue weighted by Crippen LogP contribution is -2.36. The third kappa shape index (κ3) is 2.54. The van der Waals surface area contributed by atoms with E-state index in [1.165, 1.54) is 0 Å². The number of carboxylic acid groups (broad SMARTS) is 2. The van der Waals surface area contributed by atoms with Gasteiger partial charge in [0.2, 0.25) is 6.79 Å². The largest absolute Gasteiger partial charge is 0.481 e. The van der Waals surface area contributed by atoms with Crippen LogP contribution in [0.4, 0.5) is 0 Å². The maximum atomic E-state index is 11.4. The molecule has 0 aliphatic carbocycles.